The summed E-state index contributed by atoms with van der Waals surface area (Å²) in [6, 6.07) is 7.75. The van der Waals surface area contributed by atoms with Crippen LogP contribution in [-0.2, 0) is 20.9 Å². The van der Waals surface area contributed by atoms with Gasteiger partial charge in [0, 0.05) is 31.3 Å². The van der Waals surface area contributed by atoms with Crippen molar-refractivity contribution in [1.82, 2.24) is 15.1 Å². The van der Waals surface area contributed by atoms with E-state index in [0.29, 0.717) is 31.8 Å². The van der Waals surface area contributed by atoms with E-state index in [1.165, 1.54) is 22.9 Å². The Morgan fingerprint density at radius 3 is 2.85 bits per heavy atom. The highest BCUT2D eigenvalue weighted by atomic mass is 35.5. The van der Waals surface area contributed by atoms with Crippen molar-refractivity contribution in [3.8, 4) is 0 Å². The first-order chi connectivity index (χ1) is 12.6. The van der Waals surface area contributed by atoms with Crippen molar-refractivity contribution < 1.29 is 18.7 Å². The Kier molecular flexibility index (Phi) is 7.62. The van der Waals surface area contributed by atoms with Gasteiger partial charge in [-0.2, -0.15) is 14.7 Å². The Balaban J connectivity index is 0.000000758. The highest BCUT2D eigenvalue weighted by Gasteiger charge is 2.27. The van der Waals surface area contributed by atoms with Gasteiger partial charge in [-0.1, -0.05) is 17.7 Å². The van der Waals surface area contributed by atoms with Crippen molar-refractivity contribution in [3.05, 3.63) is 63.3 Å². The maximum atomic E-state index is 13.8. The molecule has 1 aliphatic rings. The van der Waals surface area contributed by atoms with Gasteiger partial charge < -0.3 is 10.1 Å². The molecule has 0 radical (unpaired) electrons. The van der Waals surface area contributed by atoms with Crippen LogP contribution in [0, 0.1) is 11.7 Å². The van der Waals surface area contributed by atoms with Gasteiger partial charge in [-0.3, -0.25) is 4.79 Å². The van der Waals surface area contributed by atoms with Gasteiger partial charge in [-0.25, -0.2) is 9.07 Å². The summed E-state index contributed by atoms with van der Waals surface area (Å²) < 4.78 is 21.1. The molecule has 0 spiro atoms. The number of halogens is 2. The quantitative estimate of drug-likeness (QED) is 0.865. The fraction of sp³-hybridized carbons (Fsp3) is 0.353. The number of aromatic nitrogens is 2. The molecule has 1 aromatic carbocycles. The van der Waals surface area contributed by atoms with Gasteiger partial charge >= 0.3 is 6.15 Å². The second-order valence-corrected chi connectivity index (χ2v) is 5.96. The number of nitrogens with zero attached hydrogens (tertiary/aromatic N) is 2. The van der Waals surface area contributed by atoms with E-state index in [0.717, 1.165) is 0 Å². The molecule has 138 valence electrons. The van der Waals surface area contributed by atoms with Crippen LogP contribution in [0.25, 0.3) is 0 Å². The summed E-state index contributed by atoms with van der Waals surface area (Å²) in [6.07, 6.45) is 1.49. The molecule has 26 heavy (non-hydrogen) atoms. The molecule has 1 fully saturated rings. The van der Waals surface area contributed by atoms with Gasteiger partial charge in [0.2, 0.25) is 0 Å². The zero-order valence-corrected chi connectivity index (χ0v) is 14.5. The van der Waals surface area contributed by atoms with E-state index in [1.807, 2.05) is 0 Å². The Hall–Kier alpha value is -2.38. The standard InChI is InChI=1S/C16H17ClFN3O2.CO2/c17-13-4-3-11(8-14(13)18)16-12(9-19-6-7-23-16)10-21-15(22)2-1-5-20-21;2-1-3/h1-5,8,12,16,19H,6-7,9-10H2;/t12-,16-;/m0./s1. The first-order valence-electron chi connectivity index (χ1n) is 7.85. The van der Waals surface area contributed by atoms with Crippen LogP contribution in [0.5, 0.6) is 0 Å². The minimum atomic E-state index is -0.473. The van der Waals surface area contributed by atoms with Crippen LogP contribution in [0.15, 0.2) is 41.3 Å². The van der Waals surface area contributed by atoms with Crippen molar-refractivity contribution in [3.63, 3.8) is 0 Å². The highest BCUT2D eigenvalue weighted by Crippen LogP contribution is 2.30. The van der Waals surface area contributed by atoms with Crippen molar-refractivity contribution in [1.29, 1.82) is 0 Å². The van der Waals surface area contributed by atoms with Gasteiger partial charge in [0.1, 0.15) is 5.82 Å². The van der Waals surface area contributed by atoms with Gasteiger partial charge in [-0.05, 0) is 23.8 Å². The molecule has 0 unspecified atom stereocenters. The topological polar surface area (TPSA) is 90.3 Å². The van der Waals surface area contributed by atoms with Gasteiger partial charge in [-0.15, -0.1) is 0 Å². The summed E-state index contributed by atoms with van der Waals surface area (Å²) in [5.74, 6) is -0.524. The summed E-state index contributed by atoms with van der Waals surface area (Å²) in [5.41, 5.74) is 0.544. The number of benzene rings is 1. The second kappa shape index (κ2) is 9.94. The number of ether oxygens (including phenoxy) is 1. The Bertz CT molecular complexity index is 824. The van der Waals surface area contributed by atoms with Crippen LogP contribution in [0.2, 0.25) is 5.02 Å². The number of nitrogens with one attached hydrogen (secondary N) is 1. The Morgan fingerprint density at radius 2 is 2.15 bits per heavy atom. The SMILES string of the molecule is O=C=O.O=c1cccnn1C[C@@H]1CNCCO[C@H]1c1ccc(Cl)c(F)c1. The average molecular weight is 382 g/mol. The molecule has 1 saturated heterocycles. The summed E-state index contributed by atoms with van der Waals surface area (Å²) in [7, 11) is 0. The fourth-order valence-electron chi connectivity index (χ4n) is 2.75. The summed E-state index contributed by atoms with van der Waals surface area (Å²) >= 11 is 5.76. The van der Waals surface area contributed by atoms with E-state index in [2.05, 4.69) is 10.4 Å². The van der Waals surface area contributed by atoms with Crippen LogP contribution < -0.4 is 10.9 Å². The first kappa shape index (κ1) is 19.9. The fourth-order valence-corrected chi connectivity index (χ4v) is 2.87. The number of hydrogen-bond acceptors (Lipinski definition) is 6. The van der Waals surface area contributed by atoms with Crippen molar-refractivity contribution in [2.75, 3.05) is 19.7 Å². The van der Waals surface area contributed by atoms with E-state index in [9.17, 15) is 9.18 Å². The van der Waals surface area contributed by atoms with Crippen molar-refractivity contribution in [2.45, 2.75) is 12.6 Å². The molecule has 0 bridgehead atoms. The van der Waals surface area contributed by atoms with Crippen LogP contribution in [-0.4, -0.2) is 35.6 Å². The predicted octanol–water partition coefficient (Wildman–Crippen LogP) is 1.43. The smallest absolute Gasteiger partial charge is 0.372 e. The average Bonchev–Trinajstić information content (AvgIpc) is 2.86. The lowest BCUT2D eigenvalue weighted by atomic mass is 9.95. The molecule has 2 atom stereocenters. The van der Waals surface area contributed by atoms with E-state index in [4.69, 9.17) is 25.9 Å². The van der Waals surface area contributed by atoms with E-state index < -0.39 is 5.82 Å². The molecule has 0 amide bonds. The monoisotopic (exact) mass is 381 g/mol. The Morgan fingerprint density at radius 1 is 1.38 bits per heavy atom. The first-order valence-corrected chi connectivity index (χ1v) is 8.23. The molecule has 1 N–H and O–H groups in total. The van der Waals surface area contributed by atoms with Gasteiger partial charge in [0.05, 0.1) is 24.3 Å². The molecule has 3 rings (SSSR count). The lowest BCUT2D eigenvalue weighted by Gasteiger charge is -2.25. The summed E-state index contributed by atoms with van der Waals surface area (Å²) in [4.78, 5) is 28.1. The lowest BCUT2D eigenvalue weighted by molar-refractivity contribution is -0.191. The van der Waals surface area contributed by atoms with E-state index >= 15 is 0 Å². The molecular formula is C17H17ClFN3O4. The maximum Gasteiger partial charge on any atom is 0.373 e. The number of hydrogen-bond donors (Lipinski definition) is 1. The highest BCUT2D eigenvalue weighted by molar-refractivity contribution is 6.30. The third kappa shape index (κ3) is 5.31. The molecule has 2 heterocycles. The number of carbonyl (C=O) groups excluding carboxylic acids is 2. The summed E-state index contributed by atoms with van der Waals surface area (Å²) in [5, 5.41) is 7.44. The summed E-state index contributed by atoms with van der Waals surface area (Å²) in [6.45, 7) is 2.27. The van der Waals surface area contributed by atoms with Crippen LogP contribution in [0.4, 0.5) is 4.39 Å². The van der Waals surface area contributed by atoms with E-state index in [-0.39, 0.29) is 28.8 Å². The maximum absolute atomic E-state index is 13.8. The molecule has 1 aliphatic heterocycles. The minimum Gasteiger partial charge on any atom is -0.372 e. The largest absolute Gasteiger partial charge is 0.373 e. The van der Waals surface area contributed by atoms with Crippen LogP contribution in [0.3, 0.4) is 0 Å². The van der Waals surface area contributed by atoms with Crippen LogP contribution >= 0.6 is 11.6 Å². The zero-order valence-electron chi connectivity index (χ0n) is 13.7. The van der Waals surface area contributed by atoms with Crippen molar-refractivity contribution in [2.24, 2.45) is 5.92 Å². The molecule has 1 aromatic heterocycles. The lowest BCUT2D eigenvalue weighted by Crippen LogP contribution is -2.33. The molecule has 0 aliphatic carbocycles. The molecule has 2 aromatic rings. The predicted molar refractivity (Wildman–Crippen MR) is 90.0 cm³/mol. The van der Waals surface area contributed by atoms with Gasteiger partial charge in [0.25, 0.3) is 5.56 Å². The minimum absolute atomic E-state index is 0.0503. The third-order valence-electron chi connectivity index (χ3n) is 3.88. The van der Waals surface area contributed by atoms with Crippen LogP contribution in [0.1, 0.15) is 11.7 Å². The number of rotatable bonds is 3. The van der Waals surface area contributed by atoms with Gasteiger partial charge in [0.15, 0.2) is 0 Å². The van der Waals surface area contributed by atoms with Crippen molar-refractivity contribution >= 4 is 17.8 Å². The third-order valence-corrected chi connectivity index (χ3v) is 4.18. The normalized spacial score (nSPS) is 19.6. The molecule has 9 heteroatoms. The second-order valence-electron chi connectivity index (χ2n) is 5.56. The molecule has 0 saturated carbocycles. The van der Waals surface area contributed by atoms with E-state index in [1.54, 1.807) is 18.3 Å². The molecule has 7 nitrogen and oxygen atoms in total. The molecular weight excluding hydrogens is 365 g/mol. The zero-order chi connectivity index (χ0) is 18.9. The Labute approximate surface area is 153 Å².